The molecule has 0 spiro atoms. The van der Waals surface area contributed by atoms with Crippen LogP contribution < -0.4 is 4.90 Å². The molecule has 1 aliphatic heterocycles. The molecule has 1 saturated heterocycles. The number of hydrogen-bond donors (Lipinski definition) is 0. The molecule has 1 amide bonds. The number of rotatable bonds is 2. The molecule has 1 atom stereocenters. The predicted octanol–water partition coefficient (Wildman–Crippen LogP) is 1.76. The molecular formula is C12H16BrN3O. The molecule has 17 heavy (non-hydrogen) atoms. The Morgan fingerprint density at radius 2 is 2.35 bits per heavy atom. The van der Waals surface area contributed by atoms with Gasteiger partial charge in [0.05, 0.1) is 10.4 Å². The Morgan fingerprint density at radius 1 is 1.59 bits per heavy atom. The lowest BCUT2D eigenvalue weighted by Gasteiger charge is -2.19. The molecule has 0 bridgehead atoms. The van der Waals surface area contributed by atoms with E-state index in [9.17, 15) is 4.79 Å². The van der Waals surface area contributed by atoms with Crippen molar-refractivity contribution in [1.29, 1.82) is 0 Å². The van der Waals surface area contributed by atoms with Crippen LogP contribution in [0.15, 0.2) is 22.8 Å². The summed E-state index contributed by atoms with van der Waals surface area (Å²) in [6.07, 6.45) is 2.68. The van der Waals surface area contributed by atoms with Gasteiger partial charge in [0, 0.05) is 33.4 Å². The minimum Gasteiger partial charge on any atom is -0.355 e. The molecule has 0 aromatic carbocycles. The topological polar surface area (TPSA) is 36.4 Å². The smallest absolute Gasteiger partial charge is 0.227 e. The average molecular weight is 298 g/mol. The number of anilines is 1. The number of amides is 1. The van der Waals surface area contributed by atoms with Crippen molar-refractivity contribution < 1.29 is 4.79 Å². The van der Waals surface area contributed by atoms with Gasteiger partial charge in [0.2, 0.25) is 5.91 Å². The number of aromatic nitrogens is 1. The van der Waals surface area contributed by atoms with Crippen molar-refractivity contribution in [2.75, 3.05) is 32.1 Å². The van der Waals surface area contributed by atoms with Crippen molar-refractivity contribution in [1.82, 2.24) is 9.88 Å². The molecule has 1 aliphatic rings. The zero-order valence-electron chi connectivity index (χ0n) is 10.1. The summed E-state index contributed by atoms with van der Waals surface area (Å²) >= 11 is 3.49. The second-order valence-electron chi connectivity index (χ2n) is 4.47. The van der Waals surface area contributed by atoms with E-state index in [0.717, 1.165) is 29.8 Å². The first-order valence-electron chi connectivity index (χ1n) is 5.66. The molecule has 1 aromatic rings. The van der Waals surface area contributed by atoms with Crippen molar-refractivity contribution in [3.05, 3.63) is 22.8 Å². The molecule has 92 valence electrons. The number of carbonyl (C=O) groups excluding carboxylic acids is 1. The lowest BCUT2D eigenvalue weighted by atomic mass is 10.1. The Hall–Kier alpha value is -1.10. The highest BCUT2D eigenvalue weighted by Gasteiger charge is 2.30. The Balaban J connectivity index is 2.08. The summed E-state index contributed by atoms with van der Waals surface area (Å²) in [6.45, 7) is 1.65. The molecule has 0 radical (unpaired) electrons. The van der Waals surface area contributed by atoms with E-state index in [1.54, 1.807) is 11.1 Å². The van der Waals surface area contributed by atoms with Crippen LogP contribution in [-0.2, 0) is 4.79 Å². The third kappa shape index (κ3) is 2.60. The van der Waals surface area contributed by atoms with E-state index >= 15 is 0 Å². The third-order valence-corrected chi connectivity index (χ3v) is 3.64. The van der Waals surface area contributed by atoms with E-state index < -0.39 is 0 Å². The Morgan fingerprint density at radius 3 is 3.00 bits per heavy atom. The Kier molecular flexibility index (Phi) is 3.66. The molecule has 1 aromatic heterocycles. The van der Waals surface area contributed by atoms with Crippen LogP contribution in [0.3, 0.4) is 0 Å². The summed E-state index contributed by atoms with van der Waals surface area (Å²) in [4.78, 5) is 20.1. The van der Waals surface area contributed by atoms with Crippen LogP contribution in [0.1, 0.15) is 6.42 Å². The first-order chi connectivity index (χ1) is 8.09. The summed E-state index contributed by atoms with van der Waals surface area (Å²) in [5.74, 6) is 1.24. The molecule has 0 saturated carbocycles. The highest BCUT2D eigenvalue weighted by molar-refractivity contribution is 9.10. The van der Waals surface area contributed by atoms with Gasteiger partial charge in [-0.1, -0.05) is 0 Å². The number of carbonyl (C=O) groups is 1. The minimum absolute atomic E-state index is 0.0962. The van der Waals surface area contributed by atoms with Gasteiger partial charge >= 0.3 is 0 Å². The van der Waals surface area contributed by atoms with Crippen molar-refractivity contribution in [2.45, 2.75) is 6.42 Å². The van der Waals surface area contributed by atoms with Crippen molar-refractivity contribution in [3.63, 3.8) is 0 Å². The molecule has 2 rings (SSSR count). The standard InChI is InChI=1S/C12H16BrN3O/c1-15(2)12(17)9-5-7-16(8-9)11-10(13)4-3-6-14-11/h3-4,6,9H,5,7-8H2,1-2H3. The zero-order valence-corrected chi connectivity index (χ0v) is 11.6. The van der Waals surface area contributed by atoms with Gasteiger partial charge in [-0.2, -0.15) is 0 Å². The third-order valence-electron chi connectivity index (χ3n) is 3.02. The van der Waals surface area contributed by atoms with E-state index in [1.165, 1.54) is 0 Å². The summed E-state index contributed by atoms with van der Waals surface area (Å²) in [5, 5.41) is 0. The molecule has 2 heterocycles. The van der Waals surface area contributed by atoms with E-state index in [1.807, 2.05) is 26.2 Å². The highest BCUT2D eigenvalue weighted by atomic mass is 79.9. The van der Waals surface area contributed by atoms with Crippen LogP contribution in [0, 0.1) is 5.92 Å². The Bertz CT molecular complexity index is 422. The molecule has 4 nitrogen and oxygen atoms in total. The quantitative estimate of drug-likeness (QED) is 0.835. The highest BCUT2D eigenvalue weighted by Crippen LogP contribution is 2.28. The van der Waals surface area contributed by atoms with Gasteiger partial charge in [0.15, 0.2) is 0 Å². The predicted molar refractivity (Wildman–Crippen MR) is 71.0 cm³/mol. The maximum atomic E-state index is 11.9. The van der Waals surface area contributed by atoms with Crippen molar-refractivity contribution >= 4 is 27.7 Å². The molecular weight excluding hydrogens is 282 g/mol. The molecule has 5 heteroatoms. The molecule has 0 N–H and O–H groups in total. The molecule has 1 unspecified atom stereocenters. The van der Waals surface area contributed by atoms with Crippen LogP contribution in [0.25, 0.3) is 0 Å². The Labute approximate surface area is 110 Å². The van der Waals surface area contributed by atoms with Gasteiger partial charge in [-0.05, 0) is 34.5 Å². The fourth-order valence-electron chi connectivity index (χ4n) is 2.13. The lowest BCUT2D eigenvalue weighted by molar-refractivity contribution is -0.132. The van der Waals surface area contributed by atoms with E-state index in [-0.39, 0.29) is 11.8 Å². The van der Waals surface area contributed by atoms with Gasteiger partial charge in [-0.25, -0.2) is 4.98 Å². The van der Waals surface area contributed by atoms with Crippen LogP contribution in [0.2, 0.25) is 0 Å². The summed E-state index contributed by atoms with van der Waals surface area (Å²) < 4.78 is 0.984. The largest absolute Gasteiger partial charge is 0.355 e. The SMILES string of the molecule is CN(C)C(=O)C1CCN(c2ncccc2Br)C1. The van der Waals surface area contributed by atoms with Crippen LogP contribution in [0.5, 0.6) is 0 Å². The summed E-state index contributed by atoms with van der Waals surface area (Å²) in [5.41, 5.74) is 0. The van der Waals surface area contributed by atoms with Gasteiger partial charge in [-0.15, -0.1) is 0 Å². The zero-order chi connectivity index (χ0) is 12.4. The van der Waals surface area contributed by atoms with Crippen LogP contribution in [0.4, 0.5) is 5.82 Å². The monoisotopic (exact) mass is 297 g/mol. The average Bonchev–Trinajstić information content (AvgIpc) is 2.77. The van der Waals surface area contributed by atoms with Crippen molar-refractivity contribution in [3.8, 4) is 0 Å². The normalized spacial score (nSPS) is 19.5. The number of nitrogens with zero attached hydrogens (tertiary/aromatic N) is 3. The van der Waals surface area contributed by atoms with Gasteiger partial charge in [0.1, 0.15) is 5.82 Å². The number of halogens is 1. The fourth-order valence-corrected chi connectivity index (χ4v) is 2.64. The number of hydrogen-bond acceptors (Lipinski definition) is 3. The van der Waals surface area contributed by atoms with E-state index in [0.29, 0.717) is 0 Å². The van der Waals surface area contributed by atoms with E-state index in [4.69, 9.17) is 0 Å². The minimum atomic E-state index is 0.0962. The van der Waals surface area contributed by atoms with Gasteiger partial charge in [-0.3, -0.25) is 4.79 Å². The van der Waals surface area contributed by atoms with Gasteiger partial charge in [0.25, 0.3) is 0 Å². The first-order valence-corrected chi connectivity index (χ1v) is 6.45. The van der Waals surface area contributed by atoms with Crippen LogP contribution >= 0.6 is 15.9 Å². The number of pyridine rings is 1. The maximum absolute atomic E-state index is 11.9. The second-order valence-corrected chi connectivity index (χ2v) is 5.33. The second kappa shape index (κ2) is 5.04. The van der Waals surface area contributed by atoms with Crippen molar-refractivity contribution in [2.24, 2.45) is 5.92 Å². The molecule has 0 aliphatic carbocycles. The summed E-state index contributed by atoms with van der Waals surface area (Å²) in [6, 6.07) is 3.87. The maximum Gasteiger partial charge on any atom is 0.227 e. The molecule has 1 fully saturated rings. The first kappa shape index (κ1) is 12.4. The summed E-state index contributed by atoms with van der Waals surface area (Å²) in [7, 11) is 3.61. The lowest BCUT2D eigenvalue weighted by Crippen LogP contribution is -2.32. The van der Waals surface area contributed by atoms with Crippen LogP contribution in [-0.4, -0.2) is 43.0 Å². The fraction of sp³-hybridized carbons (Fsp3) is 0.500. The van der Waals surface area contributed by atoms with E-state index in [2.05, 4.69) is 25.8 Å². The van der Waals surface area contributed by atoms with Gasteiger partial charge < -0.3 is 9.80 Å².